The van der Waals surface area contributed by atoms with Crippen LogP contribution >= 0.6 is 0 Å². The minimum Gasteiger partial charge on any atom is -0.312 e. The molecule has 1 N–H and O–H groups in total. The molecule has 1 aliphatic rings. The van der Waals surface area contributed by atoms with Crippen molar-refractivity contribution in [2.24, 2.45) is 11.3 Å². The smallest absolute Gasteiger partial charge is 0.0775 e. The molecule has 0 radical (unpaired) electrons. The Morgan fingerprint density at radius 3 is 2.17 bits per heavy atom. The summed E-state index contributed by atoms with van der Waals surface area (Å²) in [4.78, 5) is 0. The SMILES string of the molecule is CC1(C)CC1CNCc1ccc([Si](C)(C)C)cc1. The molecule has 18 heavy (non-hydrogen) atoms. The van der Waals surface area contributed by atoms with E-state index < -0.39 is 8.07 Å². The van der Waals surface area contributed by atoms with Crippen LogP contribution in [-0.4, -0.2) is 14.6 Å². The lowest BCUT2D eigenvalue weighted by Crippen LogP contribution is -2.37. The van der Waals surface area contributed by atoms with Crippen LogP contribution in [0.1, 0.15) is 25.8 Å². The molecule has 1 aromatic carbocycles. The standard InChI is InChI=1S/C16H27NSi/c1-16(2)10-14(16)12-17-11-13-6-8-15(9-7-13)18(3,4)5/h6-9,14,17H,10-12H2,1-5H3. The first-order valence-electron chi connectivity index (χ1n) is 7.09. The van der Waals surface area contributed by atoms with E-state index in [1.165, 1.54) is 18.5 Å². The molecule has 0 heterocycles. The molecule has 1 atom stereocenters. The summed E-state index contributed by atoms with van der Waals surface area (Å²) in [6, 6.07) is 9.23. The molecule has 0 amide bonds. The fourth-order valence-electron chi connectivity index (χ4n) is 2.44. The maximum Gasteiger partial charge on any atom is 0.0775 e. The van der Waals surface area contributed by atoms with E-state index in [1.807, 2.05) is 0 Å². The van der Waals surface area contributed by atoms with Crippen molar-refractivity contribution in [2.45, 2.75) is 46.5 Å². The summed E-state index contributed by atoms with van der Waals surface area (Å²) in [6.07, 6.45) is 1.38. The van der Waals surface area contributed by atoms with E-state index in [0.29, 0.717) is 5.41 Å². The first kappa shape index (κ1) is 13.8. The van der Waals surface area contributed by atoms with E-state index in [2.05, 4.69) is 63.1 Å². The Balaban J connectivity index is 1.80. The molecule has 0 aromatic heterocycles. The van der Waals surface area contributed by atoms with E-state index >= 15 is 0 Å². The number of nitrogens with one attached hydrogen (secondary N) is 1. The third-order valence-corrected chi connectivity index (χ3v) is 6.32. The van der Waals surface area contributed by atoms with Gasteiger partial charge < -0.3 is 5.32 Å². The van der Waals surface area contributed by atoms with Crippen molar-refractivity contribution in [3.63, 3.8) is 0 Å². The van der Waals surface area contributed by atoms with Crippen molar-refractivity contribution < 1.29 is 0 Å². The number of benzene rings is 1. The van der Waals surface area contributed by atoms with Crippen molar-refractivity contribution in [1.29, 1.82) is 0 Å². The Kier molecular flexibility index (Phi) is 3.70. The molecule has 1 aromatic rings. The second kappa shape index (κ2) is 4.82. The van der Waals surface area contributed by atoms with E-state index in [-0.39, 0.29) is 0 Å². The molecule has 0 spiro atoms. The lowest BCUT2D eigenvalue weighted by molar-refractivity contribution is 0.519. The highest BCUT2D eigenvalue weighted by Gasteiger charge is 2.44. The van der Waals surface area contributed by atoms with Crippen molar-refractivity contribution in [2.75, 3.05) is 6.54 Å². The monoisotopic (exact) mass is 261 g/mol. The topological polar surface area (TPSA) is 12.0 Å². The van der Waals surface area contributed by atoms with E-state index in [4.69, 9.17) is 0 Å². The van der Waals surface area contributed by atoms with Gasteiger partial charge in [0.2, 0.25) is 0 Å². The number of hydrogen-bond donors (Lipinski definition) is 1. The van der Waals surface area contributed by atoms with Crippen LogP contribution in [0.15, 0.2) is 24.3 Å². The lowest BCUT2D eigenvalue weighted by atomic mass is 10.1. The van der Waals surface area contributed by atoms with E-state index in [0.717, 1.165) is 12.5 Å². The largest absolute Gasteiger partial charge is 0.312 e. The summed E-state index contributed by atoms with van der Waals surface area (Å²) >= 11 is 0. The second-order valence-electron chi connectivity index (χ2n) is 7.47. The number of rotatable bonds is 5. The normalized spacial score (nSPS) is 21.9. The minimum atomic E-state index is -1.13. The van der Waals surface area contributed by atoms with Gasteiger partial charge in [-0.3, -0.25) is 0 Å². The predicted octanol–water partition coefficient (Wildman–Crippen LogP) is 3.37. The van der Waals surface area contributed by atoms with Crippen LogP contribution in [0, 0.1) is 11.3 Å². The molecule has 100 valence electrons. The quantitative estimate of drug-likeness (QED) is 0.801. The highest BCUT2D eigenvalue weighted by atomic mass is 28.3. The Labute approximate surface area is 113 Å². The molecular weight excluding hydrogens is 234 g/mol. The molecule has 1 nitrogen and oxygen atoms in total. The van der Waals surface area contributed by atoms with Crippen molar-refractivity contribution in [1.82, 2.24) is 5.32 Å². The predicted molar refractivity (Wildman–Crippen MR) is 83.0 cm³/mol. The molecule has 1 unspecified atom stereocenters. The number of hydrogen-bond acceptors (Lipinski definition) is 1. The van der Waals surface area contributed by atoms with Gasteiger partial charge in [-0.1, -0.05) is 62.9 Å². The molecule has 2 heteroatoms. The lowest BCUT2D eigenvalue weighted by Gasteiger charge is -2.16. The van der Waals surface area contributed by atoms with Crippen molar-refractivity contribution >= 4 is 13.3 Å². The van der Waals surface area contributed by atoms with Gasteiger partial charge in [0.05, 0.1) is 8.07 Å². The van der Waals surface area contributed by atoms with Gasteiger partial charge in [-0.05, 0) is 29.9 Å². The van der Waals surface area contributed by atoms with Gasteiger partial charge in [0.25, 0.3) is 0 Å². The van der Waals surface area contributed by atoms with Crippen molar-refractivity contribution in [3.05, 3.63) is 29.8 Å². The molecule has 0 bridgehead atoms. The molecule has 1 saturated carbocycles. The Morgan fingerprint density at radius 2 is 1.72 bits per heavy atom. The highest BCUT2D eigenvalue weighted by Crippen LogP contribution is 2.50. The molecule has 0 saturated heterocycles. The maximum atomic E-state index is 3.59. The maximum absolute atomic E-state index is 3.59. The third kappa shape index (κ3) is 3.45. The highest BCUT2D eigenvalue weighted by molar-refractivity contribution is 6.88. The fraction of sp³-hybridized carbons (Fsp3) is 0.625. The van der Waals surface area contributed by atoms with Crippen LogP contribution in [-0.2, 0) is 6.54 Å². The van der Waals surface area contributed by atoms with E-state index in [9.17, 15) is 0 Å². The van der Waals surface area contributed by atoms with Crippen LogP contribution in [0.4, 0.5) is 0 Å². The second-order valence-corrected chi connectivity index (χ2v) is 12.5. The summed E-state index contributed by atoms with van der Waals surface area (Å²) in [5.74, 6) is 0.888. The first-order valence-corrected chi connectivity index (χ1v) is 10.6. The van der Waals surface area contributed by atoms with Crippen LogP contribution < -0.4 is 10.5 Å². The zero-order chi connectivity index (χ0) is 13.4. The van der Waals surface area contributed by atoms with Gasteiger partial charge in [0.1, 0.15) is 0 Å². The van der Waals surface area contributed by atoms with Gasteiger partial charge in [-0.2, -0.15) is 0 Å². The molecule has 2 rings (SSSR count). The van der Waals surface area contributed by atoms with Gasteiger partial charge >= 0.3 is 0 Å². The van der Waals surface area contributed by atoms with Crippen molar-refractivity contribution in [3.8, 4) is 0 Å². The average molecular weight is 261 g/mol. The van der Waals surface area contributed by atoms with Crippen LogP contribution in [0.5, 0.6) is 0 Å². The third-order valence-electron chi connectivity index (χ3n) is 4.26. The fourth-order valence-corrected chi connectivity index (χ4v) is 3.60. The van der Waals surface area contributed by atoms with Crippen LogP contribution in [0.2, 0.25) is 19.6 Å². The molecule has 1 aliphatic carbocycles. The Hall–Kier alpha value is -0.603. The van der Waals surface area contributed by atoms with Gasteiger partial charge in [0, 0.05) is 6.54 Å². The minimum absolute atomic E-state index is 0.592. The summed E-state index contributed by atoms with van der Waals surface area (Å²) in [5.41, 5.74) is 2.00. The van der Waals surface area contributed by atoms with E-state index in [1.54, 1.807) is 5.19 Å². The van der Waals surface area contributed by atoms with Gasteiger partial charge in [-0.15, -0.1) is 0 Å². The summed E-state index contributed by atoms with van der Waals surface area (Å²) in [5, 5.41) is 5.14. The average Bonchev–Trinajstić information content (AvgIpc) is 2.86. The molecule has 1 fully saturated rings. The van der Waals surface area contributed by atoms with Gasteiger partial charge in [0.15, 0.2) is 0 Å². The zero-order valence-corrected chi connectivity index (χ0v) is 13.5. The Bertz CT molecular complexity index is 400. The van der Waals surface area contributed by atoms with Crippen LogP contribution in [0.3, 0.4) is 0 Å². The summed E-state index contributed by atoms with van der Waals surface area (Å²) < 4.78 is 0. The Morgan fingerprint density at radius 1 is 1.17 bits per heavy atom. The summed E-state index contributed by atoms with van der Waals surface area (Å²) in [6.45, 7) is 14.1. The molecule has 0 aliphatic heterocycles. The molecular formula is C16H27NSi. The summed E-state index contributed by atoms with van der Waals surface area (Å²) in [7, 11) is -1.13. The van der Waals surface area contributed by atoms with Crippen LogP contribution in [0.25, 0.3) is 0 Å². The zero-order valence-electron chi connectivity index (χ0n) is 12.5. The van der Waals surface area contributed by atoms with Gasteiger partial charge in [-0.25, -0.2) is 0 Å². The first-order chi connectivity index (χ1) is 8.29.